The van der Waals surface area contributed by atoms with Crippen LogP contribution in [-0.4, -0.2) is 20.1 Å². The molecule has 1 fully saturated rings. The van der Waals surface area contributed by atoms with Gasteiger partial charge >= 0.3 is 0 Å². The maximum atomic E-state index is 13.1. The average Bonchev–Trinajstić information content (AvgIpc) is 3.38. The molecule has 0 aliphatic heterocycles. The standard InChI is InChI=1S/C18H17ClFNO3/c1-23-15-10-14(16(24-2)9-13(15)19)21-17(22)18(7-8-18)11-3-5-12(20)6-4-11/h3-6,9-10H,7-8H2,1-2H3,(H,21,22). The first-order valence-corrected chi connectivity index (χ1v) is 7.87. The Labute approximate surface area is 144 Å². The highest BCUT2D eigenvalue weighted by molar-refractivity contribution is 6.32. The van der Waals surface area contributed by atoms with E-state index in [0.717, 1.165) is 18.4 Å². The minimum absolute atomic E-state index is 0.156. The van der Waals surface area contributed by atoms with Gasteiger partial charge in [0, 0.05) is 12.1 Å². The molecule has 0 atom stereocenters. The van der Waals surface area contributed by atoms with Crippen LogP contribution in [0, 0.1) is 5.82 Å². The van der Waals surface area contributed by atoms with E-state index in [4.69, 9.17) is 21.1 Å². The molecule has 0 saturated heterocycles. The van der Waals surface area contributed by atoms with Crippen molar-refractivity contribution in [3.63, 3.8) is 0 Å². The molecule has 0 spiro atoms. The van der Waals surface area contributed by atoms with Gasteiger partial charge in [-0.3, -0.25) is 4.79 Å². The molecule has 0 bridgehead atoms. The van der Waals surface area contributed by atoms with Gasteiger partial charge in [-0.1, -0.05) is 23.7 Å². The molecular weight excluding hydrogens is 333 g/mol. The Kier molecular flexibility index (Phi) is 4.37. The van der Waals surface area contributed by atoms with Crippen LogP contribution in [0.25, 0.3) is 0 Å². The summed E-state index contributed by atoms with van der Waals surface area (Å²) in [6.07, 6.45) is 1.44. The predicted molar refractivity (Wildman–Crippen MR) is 90.5 cm³/mol. The number of amides is 1. The molecule has 1 N–H and O–H groups in total. The van der Waals surface area contributed by atoms with Crippen molar-refractivity contribution in [2.75, 3.05) is 19.5 Å². The van der Waals surface area contributed by atoms with E-state index in [2.05, 4.69) is 5.32 Å². The number of methoxy groups -OCH3 is 2. The van der Waals surface area contributed by atoms with Gasteiger partial charge in [0.25, 0.3) is 0 Å². The van der Waals surface area contributed by atoms with Crippen molar-refractivity contribution < 1.29 is 18.7 Å². The van der Waals surface area contributed by atoms with Gasteiger partial charge in [-0.25, -0.2) is 4.39 Å². The Bertz CT molecular complexity index is 773. The predicted octanol–water partition coefficient (Wildman–Crippen LogP) is 4.17. The lowest BCUT2D eigenvalue weighted by atomic mass is 9.95. The van der Waals surface area contributed by atoms with E-state index < -0.39 is 5.41 Å². The second-order valence-corrected chi connectivity index (χ2v) is 6.14. The van der Waals surface area contributed by atoms with Crippen LogP contribution in [0.4, 0.5) is 10.1 Å². The highest BCUT2D eigenvalue weighted by atomic mass is 35.5. The summed E-state index contributed by atoms with van der Waals surface area (Å²) in [5, 5.41) is 3.28. The zero-order chi connectivity index (χ0) is 17.3. The Morgan fingerprint density at radius 1 is 1.12 bits per heavy atom. The molecule has 1 aliphatic rings. The van der Waals surface area contributed by atoms with E-state index in [1.54, 1.807) is 24.3 Å². The Hall–Kier alpha value is -2.27. The van der Waals surface area contributed by atoms with Crippen LogP contribution < -0.4 is 14.8 Å². The summed E-state index contributed by atoms with van der Waals surface area (Å²) in [7, 11) is 3.00. The molecule has 1 aliphatic carbocycles. The number of nitrogens with one attached hydrogen (secondary N) is 1. The number of rotatable bonds is 5. The van der Waals surface area contributed by atoms with Gasteiger partial charge < -0.3 is 14.8 Å². The first kappa shape index (κ1) is 16.6. The zero-order valence-corrected chi connectivity index (χ0v) is 14.1. The Morgan fingerprint density at radius 3 is 2.29 bits per heavy atom. The van der Waals surface area contributed by atoms with E-state index in [9.17, 15) is 9.18 Å². The molecule has 126 valence electrons. The molecule has 3 rings (SSSR count). The average molecular weight is 350 g/mol. The lowest BCUT2D eigenvalue weighted by Crippen LogP contribution is -2.28. The van der Waals surface area contributed by atoms with Gasteiger partial charge in [0.05, 0.1) is 30.3 Å². The summed E-state index contributed by atoms with van der Waals surface area (Å²) >= 11 is 6.08. The number of hydrogen-bond acceptors (Lipinski definition) is 3. The molecule has 0 unspecified atom stereocenters. The summed E-state index contributed by atoms with van der Waals surface area (Å²) < 4.78 is 23.6. The molecule has 6 heteroatoms. The molecule has 1 saturated carbocycles. The van der Waals surface area contributed by atoms with Crippen molar-refractivity contribution in [2.24, 2.45) is 0 Å². The van der Waals surface area contributed by atoms with Crippen LogP contribution in [0.1, 0.15) is 18.4 Å². The van der Waals surface area contributed by atoms with Gasteiger partial charge in [0.2, 0.25) is 5.91 Å². The molecule has 4 nitrogen and oxygen atoms in total. The molecule has 24 heavy (non-hydrogen) atoms. The van der Waals surface area contributed by atoms with Crippen molar-refractivity contribution in [1.82, 2.24) is 0 Å². The maximum absolute atomic E-state index is 13.1. The van der Waals surface area contributed by atoms with Gasteiger partial charge in [-0.15, -0.1) is 0 Å². The third kappa shape index (κ3) is 2.91. The third-order valence-corrected chi connectivity index (χ3v) is 4.60. The third-order valence-electron chi connectivity index (χ3n) is 4.30. The van der Waals surface area contributed by atoms with Crippen LogP contribution in [0.15, 0.2) is 36.4 Å². The second kappa shape index (κ2) is 6.32. The molecule has 0 radical (unpaired) electrons. The van der Waals surface area contributed by atoms with Gasteiger partial charge in [0.15, 0.2) is 0 Å². The number of carbonyl (C=O) groups is 1. The van der Waals surface area contributed by atoms with E-state index in [0.29, 0.717) is 22.2 Å². The zero-order valence-electron chi connectivity index (χ0n) is 13.4. The number of halogens is 2. The van der Waals surface area contributed by atoms with E-state index in [-0.39, 0.29) is 11.7 Å². The highest BCUT2D eigenvalue weighted by Gasteiger charge is 2.51. The van der Waals surface area contributed by atoms with E-state index in [1.165, 1.54) is 26.4 Å². The molecule has 2 aromatic carbocycles. The highest BCUT2D eigenvalue weighted by Crippen LogP contribution is 2.49. The Balaban J connectivity index is 1.88. The van der Waals surface area contributed by atoms with Crippen LogP contribution in [0.3, 0.4) is 0 Å². The lowest BCUT2D eigenvalue weighted by Gasteiger charge is -2.18. The quantitative estimate of drug-likeness (QED) is 0.881. The number of benzene rings is 2. The molecule has 0 heterocycles. The van der Waals surface area contributed by atoms with Crippen LogP contribution >= 0.6 is 11.6 Å². The van der Waals surface area contributed by atoms with Crippen molar-refractivity contribution in [3.05, 3.63) is 52.8 Å². The molecule has 0 aromatic heterocycles. The van der Waals surface area contributed by atoms with Gasteiger partial charge in [-0.2, -0.15) is 0 Å². The first-order valence-electron chi connectivity index (χ1n) is 7.49. The van der Waals surface area contributed by atoms with Gasteiger partial charge in [0.1, 0.15) is 17.3 Å². The molecule has 1 amide bonds. The SMILES string of the molecule is COc1cc(NC(=O)C2(c3ccc(F)cc3)CC2)c(OC)cc1Cl. The first-order chi connectivity index (χ1) is 11.5. The second-order valence-electron chi connectivity index (χ2n) is 5.73. The number of hydrogen-bond donors (Lipinski definition) is 1. The molecular formula is C18H17ClFNO3. The van der Waals surface area contributed by atoms with Crippen LogP contribution in [0.5, 0.6) is 11.5 Å². The number of ether oxygens (including phenoxy) is 2. The minimum Gasteiger partial charge on any atom is -0.495 e. The fourth-order valence-electron chi connectivity index (χ4n) is 2.74. The summed E-state index contributed by atoms with van der Waals surface area (Å²) in [5.74, 6) is 0.416. The fourth-order valence-corrected chi connectivity index (χ4v) is 2.97. The maximum Gasteiger partial charge on any atom is 0.235 e. The van der Waals surface area contributed by atoms with Gasteiger partial charge in [-0.05, 0) is 30.5 Å². The summed E-state index contributed by atoms with van der Waals surface area (Å²) in [6.45, 7) is 0. The lowest BCUT2D eigenvalue weighted by molar-refractivity contribution is -0.118. The minimum atomic E-state index is -0.619. The normalized spacial score (nSPS) is 14.8. The largest absolute Gasteiger partial charge is 0.495 e. The number of carbonyl (C=O) groups excluding carboxylic acids is 1. The Morgan fingerprint density at radius 2 is 1.75 bits per heavy atom. The topological polar surface area (TPSA) is 47.6 Å². The number of anilines is 1. The fraction of sp³-hybridized carbons (Fsp3) is 0.278. The van der Waals surface area contributed by atoms with Crippen molar-refractivity contribution in [3.8, 4) is 11.5 Å². The van der Waals surface area contributed by atoms with Crippen molar-refractivity contribution in [1.29, 1.82) is 0 Å². The van der Waals surface area contributed by atoms with Crippen molar-refractivity contribution in [2.45, 2.75) is 18.3 Å². The smallest absolute Gasteiger partial charge is 0.235 e. The molecule has 2 aromatic rings. The van der Waals surface area contributed by atoms with Crippen molar-refractivity contribution >= 4 is 23.2 Å². The van der Waals surface area contributed by atoms with Crippen LogP contribution in [-0.2, 0) is 10.2 Å². The van der Waals surface area contributed by atoms with E-state index in [1.807, 2.05) is 0 Å². The van der Waals surface area contributed by atoms with Crippen LogP contribution in [0.2, 0.25) is 5.02 Å². The summed E-state index contributed by atoms with van der Waals surface area (Å²) in [4.78, 5) is 12.8. The van der Waals surface area contributed by atoms with E-state index >= 15 is 0 Å². The monoisotopic (exact) mass is 349 g/mol. The summed E-state index contributed by atoms with van der Waals surface area (Å²) in [5.41, 5.74) is 0.671. The summed E-state index contributed by atoms with van der Waals surface area (Å²) in [6, 6.07) is 9.26.